The Kier molecular flexibility index (Phi) is 15.7. The van der Waals surface area contributed by atoms with Gasteiger partial charge in [-0.15, -0.1) is 0 Å². The molecule has 2 atom stereocenters. The van der Waals surface area contributed by atoms with E-state index < -0.39 is 48.1 Å². The SMILES string of the molecule is CC(C)(C)OC(=O)CN(Cc1cc(C(=O)O[C@@H](Cc2c(Cl)cncc2Cl)c2ccc(OC(F)F)c(OCC3CC3)c2)ccc1OCCN1CCOCC1)S(=O)O. The van der Waals surface area contributed by atoms with Crippen molar-refractivity contribution in [3.63, 3.8) is 0 Å². The van der Waals surface area contributed by atoms with E-state index in [1.165, 1.54) is 42.7 Å². The molecule has 0 radical (unpaired) electrons. The van der Waals surface area contributed by atoms with E-state index >= 15 is 0 Å². The second-order valence-electron chi connectivity index (χ2n) is 14.3. The van der Waals surface area contributed by atoms with Crippen molar-refractivity contribution < 1.29 is 55.6 Å². The first kappa shape index (κ1) is 43.5. The summed E-state index contributed by atoms with van der Waals surface area (Å²) in [5.41, 5.74) is 0.313. The Morgan fingerprint density at radius 2 is 1.73 bits per heavy atom. The van der Waals surface area contributed by atoms with E-state index in [0.29, 0.717) is 54.7 Å². The fourth-order valence-electron chi connectivity index (χ4n) is 5.72. The molecule has 2 heterocycles. The summed E-state index contributed by atoms with van der Waals surface area (Å²) < 4.78 is 83.9. The maximum atomic E-state index is 14.0. The molecule has 56 heavy (non-hydrogen) atoms. The largest absolute Gasteiger partial charge is 0.492 e. The summed E-state index contributed by atoms with van der Waals surface area (Å²) in [7, 11) is 0. The van der Waals surface area contributed by atoms with E-state index in [1.54, 1.807) is 26.8 Å². The third kappa shape index (κ3) is 13.5. The first-order chi connectivity index (χ1) is 26.6. The van der Waals surface area contributed by atoms with Crippen molar-refractivity contribution in [1.82, 2.24) is 14.2 Å². The zero-order valence-electron chi connectivity index (χ0n) is 31.2. The van der Waals surface area contributed by atoms with Gasteiger partial charge >= 0.3 is 18.6 Å². The standard InChI is InChI=1S/C38H45Cl2F2N3O10S/c1-38(2,3)55-35(46)22-45(56(48)49)21-27-16-26(7-8-31(27)51-15-12-44-10-13-50-14-11-44)36(47)53-33(18-28-29(39)19-43-20-30(28)40)25-6-9-32(54-37(41)42)34(17-25)52-23-24-4-5-24/h6-9,16-17,19-20,24,33,37H,4-5,10-15,18,21-23H2,1-3H3,(H,48,49)/t33-/m0/s1. The van der Waals surface area contributed by atoms with Gasteiger partial charge < -0.3 is 28.4 Å². The third-order valence-corrected chi connectivity index (χ3v) is 10.0. The molecular formula is C38H45Cl2F2N3O10S. The molecule has 1 N–H and O–H groups in total. The molecule has 5 rings (SSSR count). The smallest absolute Gasteiger partial charge is 0.387 e. The highest BCUT2D eigenvalue weighted by atomic mass is 35.5. The van der Waals surface area contributed by atoms with Crippen LogP contribution in [0.1, 0.15) is 66.8 Å². The molecule has 18 heteroatoms. The maximum Gasteiger partial charge on any atom is 0.387 e. The van der Waals surface area contributed by atoms with Gasteiger partial charge in [0.05, 0.1) is 35.4 Å². The van der Waals surface area contributed by atoms with Crippen molar-refractivity contribution in [2.45, 2.75) is 64.9 Å². The number of esters is 2. The van der Waals surface area contributed by atoms with Gasteiger partial charge in [-0.3, -0.25) is 19.2 Å². The second kappa shape index (κ2) is 20.2. The molecule has 2 aromatic carbocycles. The number of alkyl halides is 2. The summed E-state index contributed by atoms with van der Waals surface area (Å²) in [4.78, 5) is 32.9. The molecule has 13 nitrogen and oxygen atoms in total. The number of benzene rings is 2. The van der Waals surface area contributed by atoms with Crippen LogP contribution in [0.2, 0.25) is 10.0 Å². The van der Waals surface area contributed by atoms with Gasteiger partial charge in [-0.2, -0.15) is 13.1 Å². The van der Waals surface area contributed by atoms with Gasteiger partial charge in [0.2, 0.25) is 11.3 Å². The van der Waals surface area contributed by atoms with E-state index in [0.717, 1.165) is 30.2 Å². The molecule has 1 aliphatic heterocycles. The number of pyridine rings is 1. The number of ether oxygens (including phenoxy) is 6. The maximum absolute atomic E-state index is 14.0. The zero-order chi connectivity index (χ0) is 40.4. The molecule has 1 saturated heterocycles. The van der Waals surface area contributed by atoms with Crippen LogP contribution < -0.4 is 14.2 Å². The third-order valence-electron chi connectivity index (χ3n) is 8.68. The minimum absolute atomic E-state index is 0.0359. The van der Waals surface area contributed by atoms with E-state index in [9.17, 15) is 27.1 Å². The Morgan fingerprint density at radius 1 is 1.04 bits per heavy atom. The fraction of sp³-hybridized carbons (Fsp3) is 0.500. The van der Waals surface area contributed by atoms with E-state index in [4.69, 9.17) is 51.6 Å². The number of aromatic nitrogens is 1. The van der Waals surface area contributed by atoms with Gasteiger partial charge in [0.15, 0.2) is 11.5 Å². The van der Waals surface area contributed by atoms with Crippen LogP contribution in [-0.2, 0) is 43.2 Å². The number of carbonyl (C=O) groups is 2. The van der Waals surface area contributed by atoms with Crippen LogP contribution in [0.3, 0.4) is 0 Å². The van der Waals surface area contributed by atoms with Crippen LogP contribution in [-0.4, -0.2) is 99.7 Å². The van der Waals surface area contributed by atoms with E-state index in [2.05, 4.69) is 9.88 Å². The van der Waals surface area contributed by atoms with Crippen LogP contribution >= 0.6 is 23.2 Å². The summed E-state index contributed by atoms with van der Waals surface area (Å²) in [6.45, 7) is 4.94. The predicted octanol–water partition coefficient (Wildman–Crippen LogP) is 6.91. The summed E-state index contributed by atoms with van der Waals surface area (Å²) in [5.74, 6) is -1.06. The molecule has 0 spiro atoms. The van der Waals surface area contributed by atoms with Crippen LogP contribution in [0.25, 0.3) is 0 Å². The summed E-state index contributed by atoms with van der Waals surface area (Å²) >= 11 is 10.3. The molecule has 1 aliphatic carbocycles. The quantitative estimate of drug-likeness (QED) is 0.0989. The molecule has 1 unspecified atom stereocenters. The molecule has 2 aliphatic rings. The van der Waals surface area contributed by atoms with Crippen LogP contribution in [0.5, 0.6) is 17.2 Å². The topological polar surface area (TPSA) is 146 Å². The second-order valence-corrected chi connectivity index (χ2v) is 16.1. The molecule has 0 amide bonds. The Balaban J connectivity index is 1.45. The predicted molar refractivity (Wildman–Crippen MR) is 204 cm³/mol. The van der Waals surface area contributed by atoms with Gasteiger partial charge in [0.1, 0.15) is 30.6 Å². The normalized spacial score (nSPS) is 16.0. The molecule has 306 valence electrons. The Morgan fingerprint density at radius 3 is 2.38 bits per heavy atom. The number of halogens is 4. The number of carbonyl (C=O) groups excluding carboxylic acids is 2. The minimum atomic E-state index is -3.10. The lowest BCUT2D eigenvalue weighted by atomic mass is 10.0. The van der Waals surface area contributed by atoms with Gasteiger partial charge in [0.25, 0.3) is 0 Å². The number of nitrogens with zero attached hydrogens (tertiary/aromatic N) is 3. The highest BCUT2D eigenvalue weighted by Crippen LogP contribution is 2.38. The van der Waals surface area contributed by atoms with Crippen molar-refractivity contribution in [2.75, 3.05) is 52.6 Å². The number of morpholine rings is 1. The highest BCUT2D eigenvalue weighted by Gasteiger charge is 2.28. The van der Waals surface area contributed by atoms with Crippen LogP contribution in [0.4, 0.5) is 8.78 Å². The fourth-order valence-corrected chi connectivity index (χ4v) is 6.71. The van der Waals surface area contributed by atoms with Crippen molar-refractivity contribution in [3.05, 3.63) is 81.1 Å². The van der Waals surface area contributed by atoms with Gasteiger partial charge in [-0.1, -0.05) is 29.3 Å². The first-order valence-corrected chi connectivity index (χ1v) is 19.8. The monoisotopic (exact) mass is 843 g/mol. The average molecular weight is 845 g/mol. The molecular weight excluding hydrogens is 799 g/mol. The molecule has 0 bridgehead atoms. The average Bonchev–Trinajstić information content (AvgIpc) is 3.96. The summed E-state index contributed by atoms with van der Waals surface area (Å²) in [5, 5.41) is 0.425. The van der Waals surface area contributed by atoms with Gasteiger partial charge in [-0.05, 0) is 81.0 Å². The van der Waals surface area contributed by atoms with Gasteiger partial charge in [0, 0.05) is 50.6 Å². The lowest BCUT2D eigenvalue weighted by Gasteiger charge is -2.27. The molecule has 2 fully saturated rings. The number of rotatable bonds is 19. The minimum Gasteiger partial charge on any atom is -0.492 e. The Hall–Kier alpha value is -3.64. The van der Waals surface area contributed by atoms with Crippen molar-refractivity contribution in [1.29, 1.82) is 0 Å². The molecule has 1 aromatic heterocycles. The lowest BCUT2D eigenvalue weighted by Crippen LogP contribution is -2.38. The first-order valence-electron chi connectivity index (χ1n) is 18.0. The van der Waals surface area contributed by atoms with Crippen molar-refractivity contribution >= 4 is 46.4 Å². The summed E-state index contributed by atoms with van der Waals surface area (Å²) in [6, 6.07) is 8.75. The Labute approximate surface area is 336 Å². The zero-order valence-corrected chi connectivity index (χ0v) is 33.5. The lowest BCUT2D eigenvalue weighted by molar-refractivity contribution is -0.155. The van der Waals surface area contributed by atoms with Gasteiger partial charge in [-0.25, -0.2) is 9.00 Å². The van der Waals surface area contributed by atoms with Crippen LogP contribution in [0, 0.1) is 5.92 Å². The van der Waals surface area contributed by atoms with Crippen molar-refractivity contribution in [2.24, 2.45) is 5.92 Å². The van der Waals surface area contributed by atoms with E-state index in [1.807, 2.05) is 0 Å². The molecule has 3 aromatic rings. The Bertz CT molecular complexity index is 1820. The van der Waals surface area contributed by atoms with Crippen LogP contribution in [0.15, 0.2) is 48.8 Å². The summed E-state index contributed by atoms with van der Waals surface area (Å²) in [6.07, 6.45) is 3.58. The van der Waals surface area contributed by atoms with E-state index in [-0.39, 0.29) is 46.7 Å². The van der Waals surface area contributed by atoms with Crippen molar-refractivity contribution in [3.8, 4) is 17.2 Å². The highest BCUT2D eigenvalue weighted by molar-refractivity contribution is 7.76. The number of hydrogen-bond donors (Lipinski definition) is 1. The molecule has 1 saturated carbocycles. The number of hydrogen-bond acceptors (Lipinski definition) is 11.